The molecule has 5 nitrogen and oxygen atoms in total. The number of nitrogens with zero attached hydrogens (tertiary/aromatic N) is 2. The third-order valence-electron chi connectivity index (χ3n) is 2.45. The summed E-state index contributed by atoms with van der Waals surface area (Å²) < 4.78 is 4.96. The average molecular weight is 267 g/mol. The van der Waals surface area contributed by atoms with Crippen LogP contribution in [-0.2, 0) is 0 Å². The molecule has 0 aliphatic heterocycles. The predicted molar refractivity (Wildman–Crippen MR) is 74.8 cm³/mol. The van der Waals surface area contributed by atoms with E-state index in [-0.39, 0.29) is 16.8 Å². The van der Waals surface area contributed by atoms with Gasteiger partial charge in [0.15, 0.2) is 5.76 Å². The van der Waals surface area contributed by atoms with Crippen molar-refractivity contribution in [3.63, 3.8) is 0 Å². The minimum atomic E-state index is -0.388. The molecule has 0 spiro atoms. The van der Waals surface area contributed by atoms with E-state index < -0.39 is 0 Å². The van der Waals surface area contributed by atoms with Gasteiger partial charge in [0.05, 0.1) is 6.26 Å². The minimum absolute atomic E-state index is 0.140. The molecule has 0 aliphatic carbocycles. The maximum atomic E-state index is 11.6. The average Bonchev–Trinajstić information content (AvgIpc) is 2.83. The quantitative estimate of drug-likeness (QED) is 0.517. The minimum Gasteiger partial charge on any atom is -0.459 e. The van der Waals surface area contributed by atoms with Crippen LogP contribution >= 0.6 is 12.2 Å². The highest BCUT2D eigenvalue weighted by molar-refractivity contribution is 7.80. The van der Waals surface area contributed by atoms with Crippen molar-refractivity contribution in [2.45, 2.75) is 20.8 Å². The van der Waals surface area contributed by atoms with E-state index in [1.54, 1.807) is 12.1 Å². The summed E-state index contributed by atoms with van der Waals surface area (Å²) in [7, 11) is 0. The summed E-state index contributed by atoms with van der Waals surface area (Å²) in [4.78, 5) is 17.8. The Bertz CT molecular complexity index is 436. The van der Waals surface area contributed by atoms with Crippen LogP contribution in [0.5, 0.6) is 0 Å². The molecule has 1 N–H and O–H groups in total. The summed E-state index contributed by atoms with van der Waals surface area (Å²) in [5, 5.41) is 2.64. The number of carbonyl (C=O) groups is 1. The molecule has 0 fully saturated rings. The van der Waals surface area contributed by atoms with Gasteiger partial charge in [-0.05, 0) is 45.1 Å². The molecular weight excluding hydrogens is 250 g/mol. The predicted octanol–water partition coefficient (Wildman–Crippen LogP) is 2.05. The van der Waals surface area contributed by atoms with Crippen molar-refractivity contribution in [1.29, 1.82) is 0 Å². The van der Waals surface area contributed by atoms with Crippen LogP contribution in [0.2, 0.25) is 0 Å². The van der Waals surface area contributed by atoms with Gasteiger partial charge >= 0.3 is 0 Å². The van der Waals surface area contributed by atoms with Crippen molar-refractivity contribution in [1.82, 2.24) is 10.2 Å². The highest BCUT2D eigenvalue weighted by Gasteiger charge is 2.10. The molecule has 1 rings (SSSR count). The van der Waals surface area contributed by atoms with Crippen molar-refractivity contribution < 1.29 is 9.21 Å². The van der Waals surface area contributed by atoms with Gasteiger partial charge in [-0.2, -0.15) is 0 Å². The number of amidine groups is 1. The summed E-state index contributed by atoms with van der Waals surface area (Å²) in [6, 6.07) is 3.21. The summed E-state index contributed by atoms with van der Waals surface area (Å²) in [6.07, 6.45) is 1.43. The van der Waals surface area contributed by atoms with E-state index in [4.69, 9.17) is 16.6 Å². The zero-order valence-electron chi connectivity index (χ0n) is 10.8. The van der Waals surface area contributed by atoms with Crippen LogP contribution in [0.3, 0.4) is 0 Å². The lowest BCUT2D eigenvalue weighted by molar-refractivity contribution is 0.0950. The van der Waals surface area contributed by atoms with E-state index in [1.807, 2.05) is 25.7 Å². The zero-order valence-corrected chi connectivity index (χ0v) is 11.6. The van der Waals surface area contributed by atoms with Crippen LogP contribution in [0.15, 0.2) is 27.8 Å². The van der Waals surface area contributed by atoms with Crippen LogP contribution in [0, 0.1) is 0 Å². The number of nitrogens with one attached hydrogen (secondary N) is 1. The molecule has 98 valence electrons. The smallest absolute Gasteiger partial charge is 0.293 e. The van der Waals surface area contributed by atoms with Crippen LogP contribution in [0.25, 0.3) is 0 Å². The van der Waals surface area contributed by atoms with Crippen molar-refractivity contribution in [2.24, 2.45) is 4.99 Å². The number of thiocarbonyl (C=S) groups is 1. The molecular formula is C12H17N3O2S. The summed E-state index contributed by atoms with van der Waals surface area (Å²) in [5.41, 5.74) is 0. The second-order valence-corrected chi connectivity index (χ2v) is 3.95. The molecule has 0 bridgehead atoms. The Labute approximate surface area is 112 Å². The lowest BCUT2D eigenvalue weighted by Gasteiger charge is -2.19. The molecule has 0 aromatic carbocycles. The fourth-order valence-electron chi connectivity index (χ4n) is 1.49. The lowest BCUT2D eigenvalue weighted by Crippen LogP contribution is -2.32. The Morgan fingerprint density at radius 2 is 2.17 bits per heavy atom. The van der Waals surface area contributed by atoms with E-state index in [1.165, 1.54) is 6.26 Å². The van der Waals surface area contributed by atoms with Crippen LogP contribution in [-0.4, -0.2) is 34.8 Å². The van der Waals surface area contributed by atoms with Crippen molar-refractivity contribution in [3.05, 3.63) is 24.2 Å². The first kappa shape index (κ1) is 14.4. The Morgan fingerprint density at radius 1 is 1.50 bits per heavy atom. The van der Waals surface area contributed by atoms with Gasteiger partial charge in [-0.1, -0.05) is 0 Å². The third-order valence-corrected chi connectivity index (χ3v) is 2.64. The van der Waals surface area contributed by atoms with Gasteiger partial charge in [0.2, 0.25) is 5.11 Å². The maximum absolute atomic E-state index is 11.6. The summed E-state index contributed by atoms with van der Waals surface area (Å²) >= 11 is 5.01. The first-order valence-corrected chi connectivity index (χ1v) is 6.18. The number of hydrogen-bond acceptors (Lipinski definition) is 3. The molecule has 1 aromatic rings. The van der Waals surface area contributed by atoms with E-state index in [0.717, 1.165) is 18.9 Å². The molecule has 18 heavy (non-hydrogen) atoms. The fourth-order valence-corrected chi connectivity index (χ4v) is 1.72. The van der Waals surface area contributed by atoms with E-state index >= 15 is 0 Å². The topological polar surface area (TPSA) is 57.8 Å². The molecule has 0 saturated heterocycles. The van der Waals surface area contributed by atoms with E-state index in [9.17, 15) is 4.79 Å². The molecule has 6 heteroatoms. The number of amides is 1. The summed E-state index contributed by atoms with van der Waals surface area (Å²) in [5.74, 6) is 0.610. The monoisotopic (exact) mass is 267 g/mol. The third kappa shape index (κ3) is 3.96. The molecule has 0 atom stereocenters. The Morgan fingerprint density at radius 3 is 2.67 bits per heavy atom. The largest absolute Gasteiger partial charge is 0.459 e. The van der Waals surface area contributed by atoms with Crippen molar-refractivity contribution >= 4 is 29.1 Å². The Balaban J connectivity index is 2.61. The standard InChI is InChI=1S/C12H17N3O2S/c1-4-15(5-2)9(3)13-12(18)14-11(16)10-7-6-8-17-10/h6-8H,4-5H2,1-3H3,(H,14,16,18)/b13-9-. The van der Waals surface area contributed by atoms with Crippen molar-refractivity contribution in [2.75, 3.05) is 13.1 Å². The second kappa shape index (κ2) is 6.90. The van der Waals surface area contributed by atoms with E-state index in [0.29, 0.717) is 0 Å². The van der Waals surface area contributed by atoms with Gasteiger partial charge in [-0.3, -0.25) is 10.1 Å². The number of furan rings is 1. The van der Waals surface area contributed by atoms with Gasteiger partial charge in [0.1, 0.15) is 5.84 Å². The maximum Gasteiger partial charge on any atom is 0.293 e. The molecule has 0 saturated carbocycles. The number of carbonyl (C=O) groups excluding carboxylic acids is 1. The summed E-state index contributed by atoms with van der Waals surface area (Å²) in [6.45, 7) is 7.62. The van der Waals surface area contributed by atoms with Gasteiger partial charge in [-0.25, -0.2) is 4.99 Å². The molecule has 1 heterocycles. The Kier molecular flexibility index (Phi) is 5.51. The molecule has 1 aromatic heterocycles. The number of aliphatic imine (C=N–C) groups is 1. The lowest BCUT2D eigenvalue weighted by atomic mass is 10.4. The normalized spacial score (nSPS) is 11.2. The second-order valence-electron chi connectivity index (χ2n) is 3.57. The van der Waals surface area contributed by atoms with Crippen molar-refractivity contribution in [3.8, 4) is 0 Å². The number of hydrogen-bond donors (Lipinski definition) is 1. The molecule has 0 unspecified atom stereocenters. The molecule has 1 amide bonds. The van der Waals surface area contributed by atoms with Gasteiger partial charge < -0.3 is 9.32 Å². The molecule has 0 radical (unpaired) electrons. The Hall–Kier alpha value is -1.69. The van der Waals surface area contributed by atoms with Gasteiger partial charge in [0, 0.05) is 13.1 Å². The first-order chi connectivity index (χ1) is 8.58. The molecule has 0 aliphatic rings. The fraction of sp³-hybridized carbons (Fsp3) is 0.417. The van der Waals surface area contributed by atoms with E-state index in [2.05, 4.69) is 10.3 Å². The zero-order chi connectivity index (χ0) is 13.5. The number of rotatable bonds is 3. The SMILES string of the molecule is CCN(CC)/C(C)=N\C(=S)NC(=O)c1ccco1. The highest BCUT2D eigenvalue weighted by Crippen LogP contribution is 1.99. The van der Waals surface area contributed by atoms with Crippen LogP contribution in [0.1, 0.15) is 31.3 Å². The van der Waals surface area contributed by atoms with Crippen LogP contribution in [0.4, 0.5) is 0 Å². The van der Waals surface area contributed by atoms with Gasteiger partial charge in [-0.15, -0.1) is 0 Å². The first-order valence-electron chi connectivity index (χ1n) is 5.77. The highest BCUT2D eigenvalue weighted by atomic mass is 32.1. The van der Waals surface area contributed by atoms with Crippen LogP contribution < -0.4 is 5.32 Å². The van der Waals surface area contributed by atoms with Gasteiger partial charge in [0.25, 0.3) is 5.91 Å².